The number of amides is 1. The lowest BCUT2D eigenvalue weighted by Gasteiger charge is -2.25. The molecule has 0 saturated carbocycles. The Morgan fingerprint density at radius 3 is 2.37 bits per heavy atom. The van der Waals surface area contributed by atoms with E-state index in [1.165, 1.54) is 12.1 Å². The fourth-order valence-corrected chi connectivity index (χ4v) is 4.14. The van der Waals surface area contributed by atoms with Crippen molar-refractivity contribution in [2.75, 3.05) is 4.90 Å². The van der Waals surface area contributed by atoms with Crippen molar-refractivity contribution < 1.29 is 13.6 Å². The van der Waals surface area contributed by atoms with Gasteiger partial charge in [-0.3, -0.25) is 14.5 Å². The molecular formula is C24H15BrFNO3. The van der Waals surface area contributed by atoms with Crippen LogP contribution >= 0.6 is 15.9 Å². The Kier molecular flexibility index (Phi) is 4.33. The molecule has 0 spiro atoms. The monoisotopic (exact) mass is 463 g/mol. The molecule has 0 radical (unpaired) electrons. The summed E-state index contributed by atoms with van der Waals surface area (Å²) in [5, 5.41) is 0.120. The van der Waals surface area contributed by atoms with Gasteiger partial charge in [-0.05, 0) is 55.0 Å². The largest absolute Gasteiger partial charge is 0.450 e. The van der Waals surface area contributed by atoms with Gasteiger partial charge in [-0.25, -0.2) is 4.39 Å². The minimum Gasteiger partial charge on any atom is -0.450 e. The Bertz CT molecular complexity index is 1360. The number of nitrogens with zero attached hydrogens (tertiary/aromatic N) is 1. The number of benzene rings is 3. The van der Waals surface area contributed by atoms with Crippen LogP contribution in [-0.4, -0.2) is 5.91 Å². The van der Waals surface area contributed by atoms with Crippen molar-refractivity contribution in [3.05, 3.63) is 110 Å². The highest BCUT2D eigenvalue weighted by molar-refractivity contribution is 9.10. The molecule has 148 valence electrons. The predicted molar refractivity (Wildman–Crippen MR) is 116 cm³/mol. The zero-order valence-corrected chi connectivity index (χ0v) is 17.4. The lowest BCUT2D eigenvalue weighted by atomic mass is 9.98. The number of halogens is 2. The first kappa shape index (κ1) is 18.8. The average Bonchev–Trinajstić information content (AvgIpc) is 3.03. The van der Waals surface area contributed by atoms with Gasteiger partial charge in [0.05, 0.1) is 17.0 Å². The standard InChI is InChI=1S/C24H15BrFNO3/c1-13-2-9-17(10-3-13)27-21(14-4-6-15(25)7-5-14)20-22(28)18-12-16(26)8-11-19(18)30-23(20)24(27)29/h2-12,21H,1H3. The number of hydrogen-bond donors (Lipinski definition) is 0. The second-order valence-electron chi connectivity index (χ2n) is 7.28. The molecule has 1 unspecified atom stereocenters. The van der Waals surface area contributed by atoms with E-state index in [-0.39, 0.29) is 22.3 Å². The zero-order chi connectivity index (χ0) is 21.0. The summed E-state index contributed by atoms with van der Waals surface area (Å²) in [5.74, 6) is -0.938. The normalized spacial score (nSPS) is 15.6. The number of aryl methyl sites for hydroxylation is 1. The van der Waals surface area contributed by atoms with Crippen molar-refractivity contribution in [1.29, 1.82) is 0 Å². The topological polar surface area (TPSA) is 50.5 Å². The van der Waals surface area contributed by atoms with Gasteiger partial charge >= 0.3 is 0 Å². The molecule has 0 bridgehead atoms. The van der Waals surface area contributed by atoms with Gasteiger partial charge < -0.3 is 4.42 Å². The van der Waals surface area contributed by atoms with E-state index in [2.05, 4.69) is 15.9 Å². The van der Waals surface area contributed by atoms with E-state index in [0.717, 1.165) is 21.7 Å². The molecular weight excluding hydrogens is 449 g/mol. The Morgan fingerprint density at radius 2 is 1.67 bits per heavy atom. The molecule has 5 rings (SSSR count). The van der Waals surface area contributed by atoms with Crippen LogP contribution in [0.5, 0.6) is 0 Å². The van der Waals surface area contributed by atoms with Crippen molar-refractivity contribution >= 4 is 38.5 Å². The van der Waals surface area contributed by atoms with Crippen molar-refractivity contribution in [3.63, 3.8) is 0 Å². The fraction of sp³-hybridized carbons (Fsp3) is 0.0833. The second kappa shape index (κ2) is 6.92. The predicted octanol–water partition coefficient (Wildman–Crippen LogP) is 5.75. The molecule has 0 saturated heterocycles. The van der Waals surface area contributed by atoms with Crippen LogP contribution in [0.4, 0.5) is 10.1 Å². The highest BCUT2D eigenvalue weighted by Crippen LogP contribution is 2.41. The third-order valence-corrected chi connectivity index (χ3v) is 5.86. The maximum atomic E-state index is 13.8. The number of fused-ring (bicyclic) bond motifs is 2. The molecule has 1 aliphatic heterocycles. The van der Waals surface area contributed by atoms with Crippen LogP contribution in [0.25, 0.3) is 11.0 Å². The van der Waals surface area contributed by atoms with Gasteiger partial charge in [-0.15, -0.1) is 0 Å². The van der Waals surface area contributed by atoms with Crippen LogP contribution in [-0.2, 0) is 0 Å². The first-order valence-corrected chi connectivity index (χ1v) is 10.2. The summed E-state index contributed by atoms with van der Waals surface area (Å²) in [6.07, 6.45) is 0. The van der Waals surface area contributed by atoms with Crippen LogP contribution in [0, 0.1) is 12.7 Å². The summed E-state index contributed by atoms with van der Waals surface area (Å²) < 4.78 is 20.5. The molecule has 4 aromatic rings. The first-order valence-electron chi connectivity index (χ1n) is 9.36. The number of hydrogen-bond acceptors (Lipinski definition) is 3. The van der Waals surface area contributed by atoms with E-state index < -0.39 is 23.2 Å². The van der Waals surface area contributed by atoms with Gasteiger partial charge in [0.1, 0.15) is 11.4 Å². The first-order chi connectivity index (χ1) is 14.4. The van der Waals surface area contributed by atoms with E-state index in [1.807, 2.05) is 55.5 Å². The van der Waals surface area contributed by atoms with Crippen LogP contribution in [0.15, 0.2) is 80.4 Å². The minimum atomic E-state index is -0.674. The molecule has 1 aromatic heterocycles. The molecule has 0 fully saturated rings. The number of rotatable bonds is 2. The van der Waals surface area contributed by atoms with Crippen LogP contribution < -0.4 is 10.3 Å². The van der Waals surface area contributed by atoms with Crippen molar-refractivity contribution in [1.82, 2.24) is 0 Å². The molecule has 6 heteroatoms. The number of carbonyl (C=O) groups excluding carboxylic acids is 1. The van der Waals surface area contributed by atoms with Gasteiger partial charge in [-0.1, -0.05) is 45.8 Å². The molecule has 30 heavy (non-hydrogen) atoms. The fourth-order valence-electron chi connectivity index (χ4n) is 3.88. The maximum absolute atomic E-state index is 13.8. The lowest BCUT2D eigenvalue weighted by Crippen LogP contribution is -2.29. The summed E-state index contributed by atoms with van der Waals surface area (Å²) in [6.45, 7) is 1.96. The smallest absolute Gasteiger partial charge is 0.295 e. The van der Waals surface area contributed by atoms with Gasteiger partial charge in [-0.2, -0.15) is 0 Å². The molecule has 1 amide bonds. The molecule has 3 aromatic carbocycles. The third kappa shape index (κ3) is 2.87. The quantitative estimate of drug-likeness (QED) is 0.380. The molecule has 1 aliphatic rings. The van der Waals surface area contributed by atoms with E-state index in [0.29, 0.717) is 5.69 Å². The SMILES string of the molecule is Cc1ccc(N2C(=O)c3oc4ccc(F)cc4c(=O)c3C2c2ccc(Br)cc2)cc1. The van der Waals surface area contributed by atoms with Gasteiger partial charge in [0.25, 0.3) is 5.91 Å². The number of anilines is 1. The number of carbonyl (C=O) groups is 1. The minimum absolute atomic E-state index is 0.00685. The summed E-state index contributed by atoms with van der Waals surface area (Å²) in [6, 6.07) is 18.0. The van der Waals surface area contributed by atoms with Crippen LogP contribution in [0.1, 0.15) is 33.3 Å². The van der Waals surface area contributed by atoms with Crippen LogP contribution in [0.2, 0.25) is 0 Å². The van der Waals surface area contributed by atoms with E-state index >= 15 is 0 Å². The Balaban J connectivity index is 1.81. The van der Waals surface area contributed by atoms with E-state index in [1.54, 1.807) is 4.90 Å². The van der Waals surface area contributed by atoms with E-state index in [9.17, 15) is 14.0 Å². The van der Waals surface area contributed by atoms with Gasteiger partial charge in [0, 0.05) is 10.2 Å². The molecule has 0 aliphatic carbocycles. The summed E-state index contributed by atoms with van der Waals surface area (Å²) in [7, 11) is 0. The highest BCUT2D eigenvalue weighted by Gasteiger charge is 2.43. The van der Waals surface area contributed by atoms with Gasteiger partial charge in [0.15, 0.2) is 5.43 Å². The molecule has 4 nitrogen and oxygen atoms in total. The van der Waals surface area contributed by atoms with Crippen molar-refractivity contribution in [2.24, 2.45) is 0 Å². The summed E-state index contributed by atoms with van der Waals surface area (Å²) in [4.78, 5) is 28.4. The molecule has 0 N–H and O–H groups in total. The molecule has 2 heterocycles. The average molecular weight is 464 g/mol. The Morgan fingerprint density at radius 1 is 0.967 bits per heavy atom. The Hall–Kier alpha value is -3.25. The van der Waals surface area contributed by atoms with E-state index in [4.69, 9.17) is 4.42 Å². The second-order valence-corrected chi connectivity index (χ2v) is 8.19. The van der Waals surface area contributed by atoms with Crippen molar-refractivity contribution in [3.8, 4) is 0 Å². The zero-order valence-electron chi connectivity index (χ0n) is 15.9. The highest BCUT2D eigenvalue weighted by atomic mass is 79.9. The maximum Gasteiger partial charge on any atom is 0.295 e. The summed E-state index contributed by atoms with van der Waals surface area (Å²) in [5.41, 5.74) is 2.48. The Labute approximate surface area is 179 Å². The lowest BCUT2D eigenvalue weighted by molar-refractivity contribution is 0.0971. The van der Waals surface area contributed by atoms with Gasteiger partial charge in [0.2, 0.25) is 5.76 Å². The summed E-state index contributed by atoms with van der Waals surface area (Å²) >= 11 is 3.42. The van der Waals surface area contributed by atoms with Crippen LogP contribution in [0.3, 0.4) is 0 Å². The van der Waals surface area contributed by atoms with Crippen molar-refractivity contribution in [2.45, 2.75) is 13.0 Å². The molecule has 1 atom stereocenters. The third-order valence-electron chi connectivity index (χ3n) is 5.33.